The Kier molecular flexibility index (Phi) is 7.45. The van der Waals surface area contributed by atoms with Crippen LogP contribution in [0.5, 0.6) is 5.75 Å². The SMILES string of the molecule is CC(C)COC(=O)CCc1cn(C)c2cc(-c3noc(-c4ccc(OC(C)C)c(Cl)c4)n3)ccc12. The summed E-state index contributed by atoms with van der Waals surface area (Å²) < 4.78 is 18.6. The summed E-state index contributed by atoms with van der Waals surface area (Å²) in [4.78, 5) is 16.6. The third kappa shape index (κ3) is 5.85. The molecule has 0 N–H and O–H groups in total. The molecule has 2 heterocycles. The summed E-state index contributed by atoms with van der Waals surface area (Å²) in [6.45, 7) is 8.39. The van der Waals surface area contributed by atoms with Gasteiger partial charge < -0.3 is 18.6 Å². The average molecular weight is 496 g/mol. The first-order valence-electron chi connectivity index (χ1n) is 11.8. The summed E-state index contributed by atoms with van der Waals surface area (Å²) in [5.74, 6) is 1.64. The van der Waals surface area contributed by atoms with Crippen LogP contribution in [0.2, 0.25) is 5.02 Å². The van der Waals surface area contributed by atoms with E-state index in [1.807, 2.05) is 63.6 Å². The van der Waals surface area contributed by atoms with E-state index in [9.17, 15) is 4.79 Å². The zero-order valence-corrected chi connectivity index (χ0v) is 21.4. The number of carbonyl (C=O) groups is 1. The first-order valence-corrected chi connectivity index (χ1v) is 12.1. The Hall–Kier alpha value is -3.32. The van der Waals surface area contributed by atoms with Crippen LogP contribution < -0.4 is 4.74 Å². The van der Waals surface area contributed by atoms with Gasteiger partial charge in [-0.05, 0) is 56.0 Å². The van der Waals surface area contributed by atoms with Crippen LogP contribution in [0, 0.1) is 5.92 Å². The van der Waals surface area contributed by atoms with Crippen molar-refractivity contribution in [2.45, 2.75) is 46.6 Å². The standard InChI is InChI=1S/C27H30ClN3O4/c1-16(2)15-33-25(32)11-8-20-14-31(5)23-13-18(6-9-21(20)23)26-29-27(35-30-26)19-7-10-24(22(28)12-19)34-17(3)4/h6-7,9-10,12-14,16-17H,8,11,15H2,1-5H3. The first-order chi connectivity index (χ1) is 16.7. The van der Waals surface area contributed by atoms with Crippen LogP contribution in [0.25, 0.3) is 33.7 Å². The van der Waals surface area contributed by atoms with Crippen molar-refractivity contribution in [2.24, 2.45) is 13.0 Å². The van der Waals surface area contributed by atoms with Crippen LogP contribution in [-0.4, -0.2) is 33.4 Å². The third-order valence-corrected chi connectivity index (χ3v) is 5.77. The first kappa shape index (κ1) is 24.8. The van der Waals surface area contributed by atoms with Gasteiger partial charge >= 0.3 is 5.97 Å². The summed E-state index contributed by atoms with van der Waals surface area (Å²) in [5.41, 5.74) is 3.68. The van der Waals surface area contributed by atoms with Gasteiger partial charge in [0.1, 0.15) is 5.75 Å². The van der Waals surface area contributed by atoms with E-state index in [1.54, 1.807) is 12.1 Å². The largest absolute Gasteiger partial charge is 0.489 e. The second kappa shape index (κ2) is 10.5. The molecule has 0 bridgehead atoms. The summed E-state index contributed by atoms with van der Waals surface area (Å²) >= 11 is 6.36. The molecule has 0 saturated carbocycles. The molecule has 184 valence electrons. The maximum atomic E-state index is 12.0. The molecule has 0 aliphatic carbocycles. The van der Waals surface area contributed by atoms with Crippen LogP contribution in [0.1, 0.15) is 39.7 Å². The minimum absolute atomic E-state index is 0.0278. The Morgan fingerprint density at radius 3 is 2.60 bits per heavy atom. The average Bonchev–Trinajstić information content (AvgIpc) is 3.42. The molecular formula is C27H30ClN3O4. The lowest BCUT2D eigenvalue weighted by atomic mass is 10.1. The van der Waals surface area contributed by atoms with Crippen molar-refractivity contribution in [3.05, 3.63) is 53.2 Å². The number of nitrogens with zero attached hydrogens (tertiary/aromatic N) is 3. The molecule has 0 saturated heterocycles. The maximum Gasteiger partial charge on any atom is 0.306 e. The minimum atomic E-state index is -0.171. The second-order valence-electron chi connectivity index (χ2n) is 9.31. The summed E-state index contributed by atoms with van der Waals surface area (Å²) in [6.07, 6.45) is 3.05. The van der Waals surface area contributed by atoms with Gasteiger partial charge in [0, 0.05) is 41.7 Å². The lowest BCUT2D eigenvalue weighted by Crippen LogP contribution is -2.10. The Balaban J connectivity index is 1.52. The van der Waals surface area contributed by atoms with Crippen molar-refractivity contribution in [1.82, 2.24) is 14.7 Å². The molecule has 4 rings (SSSR count). The molecule has 2 aromatic carbocycles. The molecule has 0 spiro atoms. The number of ether oxygens (including phenoxy) is 2. The summed E-state index contributed by atoms with van der Waals surface area (Å²) in [7, 11) is 1.98. The molecule has 35 heavy (non-hydrogen) atoms. The van der Waals surface area contributed by atoms with Gasteiger partial charge in [-0.2, -0.15) is 4.98 Å². The highest BCUT2D eigenvalue weighted by Crippen LogP contribution is 2.32. The van der Waals surface area contributed by atoms with Gasteiger partial charge in [-0.1, -0.05) is 42.7 Å². The van der Waals surface area contributed by atoms with E-state index in [-0.39, 0.29) is 12.1 Å². The molecule has 0 aliphatic heterocycles. The van der Waals surface area contributed by atoms with E-state index in [1.165, 1.54) is 0 Å². The summed E-state index contributed by atoms with van der Waals surface area (Å²) in [5, 5.41) is 5.74. The fourth-order valence-corrected chi connectivity index (χ4v) is 4.04. The van der Waals surface area contributed by atoms with Gasteiger partial charge in [-0.25, -0.2) is 0 Å². The lowest BCUT2D eigenvalue weighted by Gasteiger charge is -2.11. The molecule has 8 heteroatoms. The molecule has 0 atom stereocenters. The number of rotatable bonds is 9. The monoisotopic (exact) mass is 495 g/mol. The fourth-order valence-electron chi connectivity index (χ4n) is 3.82. The molecular weight excluding hydrogens is 466 g/mol. The van der Waals surface area contributed by atoms with Crippen molar-refractivity contribution >= 4 is 28.5 Å². The zero-order chi connectivity index (χ0) is 25.1. The van der Waals surface area contributed by atoms with Crippen LogP contribution in [0.4, 0.5) is 0 Å². The zero-order valence-electron chi connectivity index (χ0n) is 20.7. The predicted octanol–water partition coefficient (Wildman–Crippen LogP) is 6.47. The van der Waals surface area contributed by atoms with Crippen molar-refractivity contribution in [3.8, 4) is 28.6 Å². The number of halogens is 1. The van der Waals surface area contributed by atoms with E-state index in [0.717, 1.165) is 27.6 Å². The molecule has 0 aliphatic rings. The van der Waals surface area contributed by atoms with E-state index in [4.69, 9.17) is 25.6 Å². The third-order valence-electron chi connectivity index (χ3n) is 5.48. The second-order valence-corrected chi connectivity index (χ2v) is 9.72. The van der Waals surface area contributed by atoms with Gasteiger partial charge in [-0.3, -0.25) is 4.79 Å². The Morgan fingerprint density at radius 1 is 1.11 bits per heavy atom. The number of benzene rings is 2. The van der Waals surface area contributed by atoms with E-state index in [0.29, 0.717) is 47.9 Å². The van der Waals surface area contributed by atoms with Gasteiger partial charge in [0.05, 0.1) is 17.7 Å². The summed E-state index contributed by atoms with van der Waals surface area (Å²) in [6, 6.07) is 11.4. The number of esters is 1. The van der Waals surface area contributed by atoms with Crippen molar-refractivity contribution in [2.75, 3.05) is 6.61 Å². The maximum absolute atomic E-state index is 12.0. The fraction of sp³-hybridized carbons (Fsp3) is 0.370. The highest BCUT2D eigenvalue weighted by atomic mass is 35.5. The molecule has 2 aromatic heterocycles. The van der Waals surface area contributed by atoms with Gasteiger partial charge in [-0.15, -0.1) is 0 Å². The van der Waals surface area contributed by atoms with E-state index >= 15 is 0 Å². The number of aromatic nitrogens is 3. The number of hydrogen-bond acceptors (Lipinski definition) is 6. The number of aryl methyl sites for hydroxylation is 2. The Labute approximate surface area is 210 Å². The minimum Gasteiger partial charge on any atom is -0.489 e. The smallest absolute Gasteiger partial charge is 0.306 e. The lowest BCUT2D eigenvalue weighted by molar-refractivity contribution is -0.144. The van der Waals surface area contributed by atoms with Crippen molar-refractivity contribution in [1.29, 1.82) is 0 Å². The van der Waals surface area contributed by atoms with Crippen LogP contribution in [0.15, 0.2) is 47.1 Å². The Bertz CT molecular complexity index is 1340. The molecule has 0 unspecified atom stereocenters. The topological polar surface area (TPSA) is 79.4 Å². The van der Waals surface area contributed by atoms with Crippen LogP contribution in [0.3, 0.4) is 0 Å². The van der Waals surface area contributed by atoms with Gasteiger partial charge in [0.15, 0.2) is 0 Å². The Morgan fingerprint density at radius 2 is 1.89 bits per heavy atom. The molecule has 0 amide bonds. The van der Waals surface area contributed by atoms with Crippen LogP contribution in [-0.2, 0) is 23.0 Å². The normalized spacial score (nSPS) is 11.5. The van der Waals surface area contributed by atoms with E-state index in [2.05, 4.69) is 16.3 Å². The molecule has 0 fully saturated rings. The van der Waals surface area contributed by atoms with Crippen molar-refractivity contribution < 1.29 is 18.8 Å². The van der Waals surface area contributed by atoms with Crippen LogP contribution >= 0.6 is 11.6 Å². The number of carbonyl (C=O) groups excluding carboxylic acids is 1. The van der Waals surface area contributed by atoms with E-state index < -0.39 is 0 Å². The highest BCUT2D eigenvalue weighted by Gasteiger charge is 2.16. The van der Waals surface area contributed by atoms with Gasteiger partial charge in [0.25, 0.3) is 5.89 Å². The molecule has 4 aromatic rings. The molecule has 7 nitrogen and oxygen atoms in total. The quantitative estimate of drug-likeness (QED) is 0.248. The number of fused-ring (bicyclic) bond motifs is 1. The highest BCUT2D eigenvalue weighted by molar-refractivity contribution is 6.32. The predicted molar refractivity (Wildman–Crippen MR) is 137 cm³/mol. The van der Waals surface area contributed by atoms with Gasteiger partial charge in [0.2, 0.25) is 5.82 Å². The van der Waals surface area contributed by atoms with Crippen molar-refractivity contribution in [3.63, 3.8) is 0 Å². The number of hydrogen-bond donors (Lipinski definition) is 0. The molecule has 0 radical (unpaired) electrons.